The summed E-state index contributed by atoms with van der Waals surface area (Å²) in [6, 6.07) is 7.86. The van der Waals surface area contributed by atoms with Gasteiger partial charge in [-0.25, -0.2) is 0 Å². The van der Waals surface area contributed by atoms with Crippen LogP contribution in [0.1, 0.15) is 44.6 Å². The molecule has 17 heavy (non-hydrogen) atoms. The molecular formula is C15H22O2. The van der Waals surface area contributed by atoms with Gasteiger partial charge < -0.3 is 9.84 Å². The molecule has 2 unspecified atom stereocenters. The Morgan fingerprint density at radius 2 is 2.06 bits per heavy atom. The fourth-order valence-corrected chi connectivity index (χ4v) is 2.88. The highest BCUT2D eigenvalue weighted by molar-refractivity contribution is 5.31. The topological polar surface area (TPSA) is 29.5 Å². The molecular weight excluding hydrogens is 212 g/mol. The van der Waals surface area contributed by atoms with Crippen molar-refractivity contribution in [1.29, 1.82) is 0 Å². The fraction of sp³-hybridized carbons (Fsp3) is 0.600. The lowest BCUT2D eigenvalue weighted by molar-refractivity contribution is -0.0217. The van der Waals surface area contributed by atoms with E-state index in [1.54, 1.807) is 7.11 Å². The Kier molecular flexibility index (Phi) is 3.72. The minimum atomic E-state index is -0.620. The number of hydrogen-bond acceptors (Lipinski definition) is 2. The summed E-state index contributed by atoms with van der Waals surface area (Å²) in [4.78, 5) is 0. The molecule has 2 atom stereocenters. The SMILES string of the molecule is CCC1CCCC(O)(c2ccc(OC)cc2)C1. The van der Waals surface area contributed by atoms with Crippen molar-refractivity contribution < 1.29 is 9.84 Å². The van der Waals surface area contributed by atoms with Gasteiger partial charge in [-0.1, -0.05) is 31.9 Å². The van der Waals surface area contributed by atoms with Crippen molar-refractivity contribution in [1.82, 2.24) is 0 Å². The Hall–Kier alpha value is -1.02. The standard InChI is InChI=1S/C15H22O2/c1-3-12-5-4-10-15(16,11-12)13-6-8-14(17-2)9-7-13/h6-9,12,16H,3-5,10-11H2,1-2H3. The molecule has 2 heteroatoms. The monoisotopic (exact) mass is 234 g/mol. The summed E-state index contributed by atoms with van der Waals surface area (Å²) in [6.45, 7) is 2.21. The van der Waals surface area contributed by atoms with E-state index in [-0.39, 0.29) is 0 Å². The van der Waals surface area contributed by atoms with Crippen LogP contribution in [0.2, 0.25) is 0 Å². The molecule has 0 saturated heterocycles. The predicted molar refractivity (Wildman–Crippen MR) is 69.1 cm³/mol. The fourth-order valence-electron chi connectivity index (χ4n) is 2.88. The van der Waals surface area contributed by atoms with E-state index in [4.69, 9.17) is 4.74 Å². The molecule has 0 bridgehead atoms. The Morgan fingerprint density at radius 3 is 2.65 bits per heavy atom. The maximum absolute atomic E-state index is 10.8. The van der Waals surface area contributed by atoms with Crippen LogP contribution in [0.4, 0.5) is 0 Å². The van der Waals surface area contributed by atoms with Gasteiger partial charge >= 0.3 is 0 Å². The number of aliphatic hydroxyl groups is 1. The molecule has 0 radical (unpaired) electrons. The van der Waals surface area contributed by atoms with Crippen LogP contribution in [-0.2, 0) is 5.60 Å². The van der Waals surface area contributed by atoms with Crippen LogP contribution < -0.4 is 4.74 Å². The molecule has 2 rings (SSSR count). The molecule has 1 saturated carbocycles. The second-order valence-corrected chi connectivity index (χ2v) is 5.13. The summed E-state index contributed by atoms with van der Waals surface area (Å²) in [6.07, 6.45) is 5.33. The maximum atomic E-state index is 10.8. The van der Waals surface area contributed by atoms with E-state index < -0.39 is 5.60 Å². The highest BCUT2D eigenvalue weighted by atomic mass is 16.5. The molecule has 1 aliphatic rings. The van der Waals surface area contributed by atoms with Crippen molar-refractivity contribution in [2.24, 2.45) is 5.92 Å². The summed E-state index contributed by atoms with van der Waals surface area (Å²) >= 11 is 0. The summed E-state index contributed by atoms with van der Waals surface area (Å²) in [7, 11) is 1.66. The van der Waals surface area contributed by atoms with Crippen LogP contribution in [0.5, 0.6) is 5.75 Å². The number of methoxy groups -OCH3 is 1. The minimum Gasteiger partial charge on any atom is -0.497 e. The van der Waals surface area contributed by atoms with E-state index in [0.29, 0.717) is 5.92 Å². The van der Waals surface area contributed by atoms with Crippen molar-refractivity contribution in [2.45, 2.75) is 44.6 Å². The quantitative estimate of drug-likeness (QED) is 0.867. The van der Waals surface area contributed by atoms with Gasteiger partial charge in [-0.2, -0.15) is 0 Å². The second-order valence-electron chi connectivity index (χ2n) is 5.13. The van der Waals surface area contributed by atoms with Crippen LogP contribution in [0.25, 0.3) is 0 Å². The Balaban J connectivity index is 2.18. The van der Waals surface area contributed by atoms with Gasteiger partial charge in [0.1, 0.15) is 5.75 Å². The molecule has 2 nitrogen and oxygen atoms in total. The van der Waals surface area contributed by atoms with Crippen LogP contribution in [0.3, 0.4) is 0 Å². The molecule has 1 aliphatic carbocycles. The van der Waals surface area contributed by atoms with Crippen LogP contribution in [-0.4, -0.2) is 12.2 Å². The van der Waals surface area contributed by atoms with Gasteiger partial charge in [0.05, 0.1) is 12.7 Å². The van der Waals surface area contributed by atoms with Gasteiger partial charge in [0.15, 0.2) is 0 Å². The van der Waals surface area contributed by atoms with E-state index in [1.165, 1.54) is 12.8 Å². The van der Waals surface area contributed by atoms with Gasteiger partial charge in [0.25, 0.3) is 0 Å². The summed E-state index contributed by atoms with van der Waals surface area (Å²) in [5.74, 6) is 1.51. The first-order valence-electron chi connectivity index (χ1n) is 6.55. The molecule has 1 aromatic carbocycles. The summed E-state index contributed by atoms with van der Waals surface area (Å²) in [5.41, 5.74) is 0.419. The minimum absolute atomic E-state index is 0.620. The first-order chi connectivity index (χ1) is 8.18. The average Bonchev–Trinajstić information content (AvgIpc) is 2.39. The van der Waals surface area contributed by atoms with Gasteiger partial charge in [0, 0.05) is 0 Å². The summed E-state index contributed by atoms with van der Waals surface area (Å²) < 4.78 is 5.15. The average molecular weight is 234 g/mol. The van der Waals surface area contributed by atoms with E-state index in [9.17, 15) is 5.11 Å². The maximum Gasteiger partial charge on any atom is 0.118 e. The number of benzene rings is 1. The number of hydrogen-bond donors (Lipinski definition) is 1. The molecule has 0 heterocycles. The molecule has 0 amide bonds. The van der Waals surface area contributed by atoms with Gasteiger partial charge in [-0.3, -0.25) is 0 Å². The van der Waals surface area contributed by atoms with Crippen molar-refractivity contribution in [2.75, 3.05) is 7.11 Å². The van der Waals surface area contributed by atoms with Crippen molar-refractivity contribution >= 4 is 0 Å². The van der Waals surface area contributed by atoms with Gasteiger partial charge in [-0.15, -0.1) is 0 Å². The third-order valence-corrected chi connectivity index (χ3v) is 4.03. The zero-order valence-electron chi connectivity index (χ0n) is 10.8. The molecule has 1 fully saturated rings. The molecule has 0 aliphatic heterocycles. The first-order valence-corrected chi connectivity index (χ1v) is 6.55. The Bertz CT molecular complexity index is 358. The van der Waals surface area contributed by atoms with Gasteiger partial charge in [0.2, 0.25) is 0 Å². The Morgan fingerprint density at radius 1 is 1.35 bits per heavy atom. The molecule has 0 spiro atoms. The lowest BCUT2D eigenvalue weighted by Gasteiger charge is -2.37. The van der Waals surface area contributed by atoms with Crippen molar-refractivity contribution in [3.05, 3.63) is 29.8 Å². The smallest absolute Gasteiger partial charge is 0.118 e. The second kappa shape index (κ2) is 5.09. The zero-order chi connectivity index (χ0) is 12.3. The van der Waals surface area contributed by atoms with Crippen LogP contribution >= 0.6 is 0 Å². The van der Waals surface area contributed by atoms with Crippen LogP contribution in [0, 0.1) is 5.92 Å². The highest BCUT2D eigenvalue weighted by Gasteiger charge is 2.35. The predicted octanol–water partition coefficient (Wildman–Crippen LogP) is 3.48. The van der Waals surface area contributed by atoms with Gasteiger partial charge in [-0.05, 0) is 42.9 Å². The lowest BCUT2D eigenvalue weighted by atomic mass is 9.73. The third kappa shape index (κ3) is 2.63. The van der Waals surface area contributed by atoms with E-state index in [2.05, 4.69) is 6.92 Å². The van der Waals surface area contributed by atoms with E-state index in [1.807, 2.05) is 24.3 Å². The Labute approximate surface area is 104 Å². The van der Waals surface area contributed by atoms with E-state index in [0.717, 1.165) is 30.6 Å². The molecule has 0 aromatic heterocycles. The third-order valence-electron chi connectivity index (χ3n) is 4.03. The van der Waals surface area contributed by atoms with E-state index >= 15 is 0 Å². The highest BCUT2D eigenvalue weighted by Crippen LogP contribution is 2.41. The molecule has 1 aromatic rings. The zero-order valence-corrected chi connectivity index (χ0v) is 10.8. The number of ether oxygens (including phenoxy) is 1. The van der Waals surface area contributed by atoms with Crippen molar-refractivity contribution in [3.63, 3.8) is 0 Å². The lowest BCUT2D eigenvalue weighted by Crippen LogP contribution is -2.32. The normalized spacial score (nSPS) is 29.0. The summed E-state index contributed by atoms with van der Waals surface area (Å²) in [5, 5.41) is 10.8. The van der Waals surface area contributed by atoms with Crippen LogP contribution in [0.15, 0.2) is 24.3 Å². The first kappa shape index (κ1) is 12.4. The molecule has 94 valence electrons. The van der Waals surface area contributed by atoms with Crippen molar-refractivity contribution in [3.8, 4) is 5.75 Å². The largest absolute Gasteiger partial charge is 0.497 e. The number of rotatable bonds is 3. The molecule has 1 N–H and O–H groups in total.